The number of amides is 1. The van der Waals surface area contributed by atoms with Gasteiger partial charge in [-0.1, -0.05) is 31.5 Å². The van der Waals surface area contributed by atoms with E-state index in [4.69, 9.17) is 16.7 Å². The number of rotatable bonds is 5. The number of carbonyl (C=O) groups excluding carboxylic acids is 1. The number of aliphatic hydroxyl groups is 1. The summed E-state index contributed by atoms with van der Waals surface area (Å²) in [5.74, 6) is -0.123. The number of nitrogens with zero attached hydrogens (tertiary/aromatic N) is 2. The Hall–Kier alpha value is -1.85. The van der Waals surface area contributed by atoms with E-state index in [1.165, 1.54) is 0 Å². The maximum atomic E-state index is 12.1. The third-order valence-electron chi connectivity index (χ3n) is 3.05. The summed E-state index contributed by atoms with van der Waals surface area (Å²) in [5.41, 5.74) is 2.14. The molecule has 0 fully saturated rings. The number of benzene rings is 1. The fourth-order valence-corrected chi connectivity index (χ4v) is 2.35. The van der Waals surface area contributed by atoms with Gasteiger partial charge in [0.2, 0.25) is 0 Å². The summed E-state index contributed by atoms with van der Waals surface area (Å²) >= 11 is 6.02. The van der Waals surface area contributed by atoms with E-state index in [0.29, 0.717) is 10.6 Å². The predicted octanol–water partition coefficient (Wildman–Crippen LogP) is 2.37. The first-order chi connectivity index (χ1) is 10.0. The van der Waals surface area contributed by atoms with E-state index >= 15 is 0 Å². The Bertz CT molecular complexity index is 638. The molecule has 21 heavy (non-hydrogen) atoms. The van der Waals surface area contributed by atoms with Crippen LogP contribution in [-0.2, 0) is 0 Å². The number of hydrogen-bond donors (Lipinski definition) is 2. The van der Waals surface area contributed by atoms with Gasteiger partial charge >= 0.3 is 0 Å². The second-order valence-corrected chi connectivity index (χ2v) is 5.41. The second kappa shape index (κ2) is 6.74. The number of halogens is 1. The molecule has 1 amide bonds. The summed E-state index contributed by atoms with van der Waals surface area (Å²) in [5, 5.41) is 16.4. The van der Waals surface area contributed by atoms with Gasteiger partial charge in [-0.2, -0.15) is 5.10 Å². The second-order valence-electron chi connectivity index (χ2n) is 4.97. The van der Waals surface area contributed by atoms with Crippen molar-refractivity contribution in [1.82, 2.24) is 15.1 Å². The highest BCUT2D eigenvalue weighted by Gasteiger charge is 2.20. The van der Waals surface area contributed by atoms with Crippen molar-refractivity contribution >= 4 is 17.5 Å². The van der Waals surface area contributed by atoms with Crippen LogP contribution in [0.5, 0.6) is 0 Å². The molecule has 0 aliphatic carbocycles. The Morgan fingerprint density at radius 1 is 1.48 bits per heavy atom. The molecule has 6 heteroatoms. The molecule has 0 aliphatic heterocycles. The molecule has 0 atom stereocenters. The number of hydrogen-bond acceptors (Lipinski definition) is 3. The molecule has 0 unspecified atom stereocenters. The molecule has 1 aromatic heterocycles. The van der Waals surface area contributed by atoms with E-state index in [0.717, 1.165) is 11.4 Å². The van der Waals surface area contributed by atoms with Gasteiger partial charge in [-0.3, -0.25) is 4.79 Å². The van der Waals surface area contributed by atoms with Gasteiger partial charge in [0.05, 0.1) is 29.7 Å². The molecule has 112 valence electrons. The molecule has 0 aliphatic rings. The first kappa shape index (κ1) is 15.5. The van der Waals surface area contributed by atoms with Crippen molar-refractivity contribution in [1.29, 1.82) is 0 Å². The molecule has 2 rings (SSSR count). The van der Waals surface area contributed by atoms with Gasteiger partial charge in [0.1, 0.15) is 0 Å². The van der Waals surface area contributed by atoms with Crippen LogP contribution in [0.2, 0.25) is 5.02 Å². The third-order valence-corrected chi connectivity index (χ3v) is 3.28. The Morgan fingerprint density at radius 2 is 2.24 bits per heavy atom. The first-order valence-electron chi connectivity index (χ1n) is 6.77. The summed E-state index contributed by atoms with van der Waals surface area (Å²) in [4.78, 5) is 12.1. The maximum Gasteiger partial charge on any atom is 0.254 e. The number of nitrogens with one attached hydrogen (secondary N) is 1. The topological polar surface area (TPSA) is 67.2 Å². The molecule has 5 nitrogen and oxygen atoms in total. The Morgan fingerprint density at radius 3 is 2.86 bits per heavy atom. The summed E-state index contributed by atoms with van der Waals surface area (Å²) in [7, 11) is 0. The fraction of sp³-hybridized carbons (Fsp3) is 0.333. The molecule has 1 aromatic carbocycles. The minimum atomic E-state index is -0.235. The van der Waals surface area contributed by atoms with Crippen LogP contribution in [0.3, 0.4) is 0 Å². The van der Waals surface area contributed by atoms with Crippen LogP contribution in [0, 0.1) is 0 Å². The Balaban J connectivity index is 2.44. The SMILES string of the molecule is CC(C)c1c(C(=O)NCCO)cnn1-c1cccc(Cl)c1. The molecule has 1 heterocycles. The third kappa shape index (κ3) is 3.43. The smallest absolute Gasteiger partial charge is 0.254 e. The van der Waals surface area contributed by atoms with E-state index in [9.17, 15) is 4.79 Å². The molecule has 0 saturated carbocycles. The van der Waals surface area contributed by atoms with Gasteiger partial charge in [0.25, 0.3) is 5.91 Å². The lowest BCUT2D eigenvalue weighted by atomic mass is 10.1. The molecule has 0 radical (unpaired) electrons. The van der Waals surface area contributed by atoms with Gasteiger partial charge in [-0.05, 0) is 24.1 Å². The Labute approximate surface area is 128 Å². The van der Waals surface area contributed by atoms with Crippen molar-refractivity contribution in [2.45, 2.75) is 19.8 Å². The molecule has 2 N–H and O–H groups in total. The first-order valence-corrected chi connectivity index (χ1v) is 7.15. The number of carbonyl (C=O) groups is 1. The molecule has 0 saturated heterocycles. The van der Waals surface area contributed by atoms with E-state index in [1.54, 1.807) is 23.0 Å². The molecular weight excluding hydrogens is 290 g/mol. The van der Waals surface area contributed by atoms with Crippen molar-refractivity contribution in [2.24, 2.45) is 0 Å². The lowest BCUT2D eigenvalue weighted by Crippen LogP contribution is -2.27. The van der Waals surface area contributed by atoms with E-state index < -0.39 is 0 Å². The van der Waals surface area contributed by atoms with Crippen LogP contribution >= 0.6 is 11.6 Å². The predicted molar refractivity (Wildman–Crippen MR) is 82.1 cm³/mol. The minimum Gasteiger partial charge on any atom is -0.395 e. The summed E-state index contributed by atoms with van der Waals surface area (Å²) in [6.07, 6.45) is 1.54. The van der Waals surface area contributed by atoms with Crippen molar-refractivity contribution in [3.8, 4) is 5.69 Å². The van der Waals surface area contributed by atoms with Crippen molar-refractivity contribution in [2.75, 3.05) is 13.2 Å². The van der Waals surface area contributed by atoms with Crippen LogP contribution in [0.15, 0.2) is 30.5 Å². The van der Waals surface area contributed by atoms with Gasteiger partial charge < -0.3 is 10.4 Å². The quantitative estimate of drug-likeness (QED) is 0.891. The number of aromatic nitrogens is 2. The average molecular weight is 308 g/mol. The van der Waals surface area contributed by atoms with Gasteiger partial charge in [0.15, 0.2) is 0 Å². The van der Waals surface area contributed by atoms with Crippen molar-refractivity contribution in [3.63, 3.8) is 0 Å². The summed E-state index contributed by atoms with van der Waals surface area (Å²) in [6, 6.07) is 7.32. The summed E-state index contributed by atoms with van der Waals surface area (Å²) in [6.45, 7) is 4.13. The van der Waals surface area contributed by atoms with Crippen molar-refractivity contribution in [3.05, 3.63) is 46.7 Å². The van der Waals surface area contributed by atoms with E-state index in [-0.39, 0.29) is 25.0 Å². The lowest BCUT2D eigenvalue weighted by molar-refractivity contribution is 0.0943. The Kier molecular flexibility index (Phi) is 4.98. The minimum absolute atomic E-state index is 0.0921. The molecule has 0 bridgehead atoms. The highest BCUT2D eigenvalue weighted by molar-refractivity contribution is 6.30. The highest BCUT2D eigenvalue weighted by atomic mass is 35.5. The summed E-state index contributed by atoms with van der Waals surface area (Å²) < 4.78 is 1.73. The van der Waals surface area contributed by atoms with Crippen LogP contribution in [-0.4, -0.2) is 33.9 Å². The zero-order valence-electron chi connectivity index (χ0n) is 12.0. The van der Waals surface area contributed by atoms with E-state index in [2.05, 4.69) is 10.4 Å². The zero-order valence-corrected chi connectivity index (χ0v) is 12.8. The lowest BCUT2D eigenvalue weighted by Gasteiger charge is -2.13. The van der Waals surface area contributed by atoms with Gasteiger partial charge in [-0.15, -0.1) is 0 Å². The number of aliphatic hydroxyl groups excluding tert-OH is 1. The van der Waals surface area contributed by atoms with Crippen LogP contribution in [0.1, 0.15) is 35.8 Å². The molecule has 0 spiro atoms. The molecule has 2 aromatic rings. The largest absolute Gasteiger partial charge is 0.395 e. The van der Waals surface area contributed by atoms with Crippen LogP contribution in [0.25, 0.3) is 5.69 Å². The van der Waals surface area contributed by atoms with Crippen LogP contribution in [0.4, 0.5) is 0 Å². The average Bonchev–Trinajstić information content (AvgIpc) is 2.89. The fourth-order valence-electron chi connectivity index (χ4n) is 2.17. The maximum absolute atomic E-state index is 12.1. The van der Waals surface area contributed by atoms with Crippen LogP contribution < -0.4 is 5.32 Å². The van der Waals surface area contributed by atoms with Crippen molar-refractivity contribution < 1.29 is 9.90 Å². The van der Waals surface area contributed by atoms with E-state index in [1.807, 2.05) is 26.0 Å². The van der Waals surface area contributed by atoms with Gasteiger partial charge in [-0.25, -0.2) is 4.68 Å². The highest BCUT2D eigenvalue weighted by Crippen LogP contribution is 2.24. The normalized spacial score (nSPS) is 10.9. The zero-order chi connectivity index (χ0) is 15.4. The molecular formula is C15H18ClN3O2. The monoisotopic (exact) mass is 307 g/mol. The van der Waals surface area contributed by atoms with Gasteiger partial charge in [0, 0.05) is 11.6 Å². The standard InChI is InChI=1S/C15H18ClN3O2/c1-10(2)14-13(15(21)17-6-7-20)9-18-19(14)12-5-3-4-11(16)8-12/h3-5,8-10,20H,6-7H2,1-2H3,(H,17,21).